The lowest BCUT2D eigenvalue weighted by molar-refractivity contribution is -0.00342. The Bertz CT molecular complexity index is 385. The van der Waals surface area contributed by atoms with E-state index in [0.29, 0.717) is 6.54 Å². The Kier molecular flexibility index (Phi) is 4.81. The van der Waals surface area contributed by atoms with E-state index < -0.39 is 12.5 Å². The van der Waals surface area contributed by atoms with Gasteiger partial charge in [0, 0.05) is 37.3 Å². The number of halogens is 2. The number of rotatable bonds is 5. The smallest absolute Gasteiger partial charge is 0.265 e. The van der Waals surface area contributed by atoms with Gasteiger partial charge in [0.1, 0.15) is 6.10 Å². The van der Waals surface area contributed by atoms with Crippen molar-refractivity contribution < 1.29 is 13.9 Å². The molecule has 1 heterocycles. The van der Waals surface area contributed by atoms with Crippen LogP contribution in [0.2, 0.25) is 0 Å². The van der Waals surface area contributed by atoms with E-state index in [1.807, 2.05) is 34.0 Å². The number of hydrogen-bond donors (Lipinski definition) is 2. The summed E-state index contributed by atoms with van der Waals surface area (Å²) in [7, 11) is 1.83. The number of aliphatic hydroxyl groups excluding tert-OH is 1. The largest absolute Gasteiger partial charge is 0.386 e. The summed E-state index contributed by atoms with van der Waals surface area (Å²) in [6.45, 7) is 6.44. The van der Waals surface area contributed by atoms with Crippen LogP contribution in [0.5, 0.6) is 0 Å². The predicted octanol–water partition coefficient (Wildman–Crippen LogP) is 1.43. The first-order valence-corrected chi connectivity index (χ1v) is 5.91. The molecule has 1 aromatic heterocycles. The molecule has 0 aliphatic rings. The molecule has 0 aliphatic carbocycles. The molecular formula is C12H21F2N3O. The molecule has 1 rings (SSSR count). The summed E-state index contributed by atoms with van der Waals surface area (Å²) in [6, 6.07) is 0. The van der Waals surface area contributed by atoms with Crippen LogP contribution < -0.4 is 5.32 Å². The van der Waals surface area contributed by atoms with Crippen LogP contribution in [0.1, 0.15) is 32.0 Å². The molecule has 2 N–H and O–H groups in total. The van der Waals surface area contributed by atoms with Crippen LogP contribution >= 0.6 is 0 Å². The maximum absolute atomic E-state index is 12.1. The predicted molar refractivity (Wildman–Crippen MR) is 65.6 cm³/mol. The van der Waals surface area contributed by atoms with Crippen molar-refractivity contribution in [1.82, 2.24) is 15.1 Å². The number of alkyl halides is 2. The molecule has 0 spiro atoms. The molecule has 0 saturated carbocycles. The Morgan fingerprint density at radius 2 is 2.06 bits per heavy atom. The fourth-order valence-electron chi connectivity index (χ4n) is 1.74. The topological polar surface area (TPSA) is 50.1 Å². The molecule has 6 heteroatoms. The van der Waals surface area contributed by atoms with E-state index in [1.54, 1.807) is 4.68 Å². The highest BCUT2D eigenvalue weighted by Crippen LogP contribution is 2.23. The fourth-order valence-corrected chi connectivity index (χ4v) is 1.74. The lowest BCUT2D eigenvalue weighted by atomic mass is 9.89. The van der Waals surface area contributed by atoms with Crippen molar-refractivity contribution in [2.45, 2.75) is 45.3 Å². The third-order valence-electron chi connectivity index (χ3n) is 2.57. The van der Waals surface area contributed by atoms with Gasteiger partial charge in [0.15, 0.2) is 0 Å². The first-order valence-electron chi connectivity index (χ1n) is 5.91. The molecule has 18 heavy (non-hydrogen) atoms. The van der Waals surface area contributed by atoms with E-state index in [9.17, 15) is 8.78 Å². The molecular weight excluding hydrogens is 240 g/mol. The summed E-state index contributed by atoms with van der Waals surface area (Å²) >= 11 is 0. The van der Waals surface area contributed by atoms with E-state index in [2.05, 4.69) is 10.4 Å². The van der Waals surface area contributed by atoms with E-state index in [-0.39, 0.29) is 12.0 Å². The van der Waals surface area contributed by atoms with Gasteiger partial charge in [-0.25, -0.2) is 8.78 Å². The van der Waals surface area contributed by atoms with Crippen molar-refractivity contribution in [1.29, 1.82) is 0 Å². The van der Waals surface area contributed by atoms with E-state index >= 15 is 0 Å². The maximum atomic E-state index is 12.1. The van der Waals surface area contributed by atoms with Crippen molar-refractivity contribution in [3.05, 3.63) is 17.5 Å². The SMILES string of the molecule is Cn1cc(CNCC(O)C(F)F)c(C(C)(C)C)n1. The number of hydrogen-bond acceptors (Lipinski definition) is 3. The minimum Gasteiger partial charge on any atom is -0.386 e. The highest BCUT2D eigenvalue weighted by Gasteiger charge is 2.22. The summed E-state index contributed by atoms with van der Waals surface area (Å²) in [6.07, 6.45) is -2.48. The average Bonchev–Trinajstić information content (AvgIpc) is 2.59. The number of aliphatic hydroxyl groups is 1. The van der Waals surface area contributed by atoms with Crippen LogP contribution in [-0.2, 0) is 19.0 Å². The molecule has 0 radical (unpaired) electrons. The third kappa shape index (κ3) is 4.03. The van der Waals surface area contributed by atoms with Gasteiger partial charge in [-0.05, 0) is 0 Å². The molecule has 104 valence electrons. The maximum Gasteiger partial charge on any atom is 0.265 e. The Morgan fingerprint density at radius 1 is 1.44 bits per heavy atom. The molecule has 0 saturated heterocycles. The summed E-state index contributed by atoms with van der Waals surface area (Å²) in [5.74, 6) is 0. The minimum absolute atomic E-state index is 0.0976. The number of aryl methyl sites for hydroxylation is 1. The number of aromatic nitrogens is 2. The van der Waals surface area contributed by atoms with Gasteiger partial charge in [-0.3, -0.25) is 4.68 Å². The van der Waals surface area contributed by atoms with Crippen LogP contribution in [0.3, 0.4) is 0 Å². The minimum atomic E-state index is -2.71. The molecule has 0 bridgehead atoms. The molecule has 0 fully saturated rings. The normalized spacial score (nSPS) is 14.2. The highest BCUT2D eigenvalue weighted by atomic mass is 19.3. The quantitative estimate of drug-likeness (QED) is 0.843. The van der Waals surface area contributed by atoms with E-state index in [0.717, 1.165) is 11.3 Å². The number of nitrogens with zero attached hydrogens (tertiary/aromatic N) is 2. The van der Waals surface area contributed by atoms with E-state index in [1.165, 1.54) is 0 Å². The Hall–Kier alpha value is -1.01. The standard InChI is InChI=1S/C12H21F2N3O/c1-12(2,3)10-8(7-17(4)16-10)5-15-6-9(18)11(13)14/h7,9,11,15,18H,5-6H2,1-4H3. The fraction of sp³-hybridized carbons (Fsp3) is 0.750. The van der Waals surface area contributed by atoms with Gasteiger partial charge in [0.25, 0.3) is 6.43 Å². The third-order valence-corrected chi connectivity index (χ3v) is 2.57. The zero-order valence-electron chi connectivity index (χ0n) is 11.2. The van der Waals surface area contributed by atoms with Gasteiger partial charge in [0.05, 0.1) is 5.69 Å². The van der Waals surface area contributed by atoms with Gasteiger partial charge >= 0.3 is 0 Å². The van der Waals surface area contributed by atoms with Gasteiger partial charge in [-0.2, -0.15) is 5.10 Å². The van der Waals surface area contributed by atoms with E-state index in [4.69, 9.17) is 5.11 Å². The first-order chi connectivity index (χ1) is 8.21. The molecule has 1 aromatic rings. The Balaban J connectivity index is 2.63. The second-order valence-corrected chi connectivity index (χ2v) is 5.46. The molecule has 0 aromatic carbocycles. The van der Waals surface area contributed by atoms with Crippen molar-refractivity contribution in [2.24, 2.45) is 7.05 Å². The Morgan fingerprint density at radius 3 is 2.56 bits per heavy atom. The monoisotopic (exact) mass is 261 g/mol. The second kappa shape index (κ2) is 5.75. The van der Waals surface area contributed by atoms with Gasteiger partial charge < -0.3 is 10.4 Å². The second-order valence-electron chi connectivity index (χ2n) is 5.46. The highest BCUT2D eigenvalue weighted by molar-refractivity contribution is 5.23. The Labute approximate surface area is 106 Å². The van der Waals surface area contributed by atoms with Crippen LogP contribution in [0.15, 0.2) is 6.20 Å². The van der Waals surface area contributed by atoms with Crippen LogP contribution in [0, 0.1) is 0 Å². The van der Waals surface area contributed by atoms with Crippen molar-refractivity contribution >= 4 is 0 Å². The molecule has 0 aliphatic heterocycles. The molecule has 0 amide bonds. The molecule has 1 atom stereocenters. The average molecular weight is 261 g/mol. The van der Waals surface area contributed by atoms with Gasteiger partial charge in [0.2, 0.25) is 0 Å². The van der Waals surface area contributed by atoms with Crippen LogP contribution in [-0.4, -0.2) is 34.0 Å². The lowest BCUT2D eigenvalue weighted by Crippen LogP contribution is -2.32. The number of nitrogens with one attached hydrogen (secondary N) is 1. The summed E-state index contributed by atoms with van der Waals surface area (Å²) in [5.41, 5.74) is 1.80. The zero-order chi connectivity index (χ0) is 13.9. The van der Waals surface area contributed by atoms with Gasteiger partial charge in [-0.1, -0.05) is 20.8 Å². The summed E-state index contributed by atoms with van der Waals surface area (Å²) < 4.78 is 26.0. The van der Waals surface area contributed by atoms with Crippen LogP contribution in [0.25, 0.3) is 0 Å². The molecule has 4 nitrogen and oxygen atoms in total. The van der Waals surface area contributed by atoms with Crippen molar-refractivity contribution in [2.75, 3.05) is 6.54 Å². The van der Waals surface area contributed by atoms with Crippen LogP contribution in [0.4, 0.5) is 8.78 Å². The summed E-state index contributed by atoms with van der Waals surface area (Å²) in [4.78, 5) is 0. The van der Waals surface area contributed by atoms with Crippen molar-refractivity contribution in [3.8, 4) is 0 Å². The zero-order valence-corrected chi connectivity index (χ0v) is 11.2. The summed E-state index contributed by atoms with van der Waals surface area (Å²) in [5, 5.41) is 16.2. The molecule has 1 unspecified atom stereocenters. The van der Waals surface area contributed by atoms with Gasteiger partial charge in [-0.15, -0.1) is 0 Å². The lowest BCUT2D eigenvalue weighted by Gasteiger charge is -2.18. The van der Waals surface area contributed by atoms with Crippen molar-refractivity contribution in [3.63, 3.8) is 0 Å². The first kappa shape index (κ1) is 15.0.